The first kappa shape index (κ1) is 11.0. The smallest absolute Gasteiger partial charge is 0.316 e. The Morgan fingerprint density at radius 1 is 1.29 bits per heavy atom. The summed E-state index contributed by atoms with van der Waals surface area (Å²) in [4.78, 5) is 0. The van der Waals surface area contributed by atoms with Crippen LogP contribution < -0.4 is 5.73 Å². The van der Waals surface area contributed by atoms with E-state index in [-0.39, 0.29) is 5.56 Å². The van der Waals surface area contributed by atoms with Gasteiger partial charge >= 0.3 is 6.18 Å². The van der Waals surface area contributed by atoms with Gasteiger partial charge in [-0.3, -0.25) is 0 Å². The normalized spacial score (nSPS) is 14.1. The summed E-state index contributed by atoms with van der Waals surface area (Å²) in [6.07, 6.45) is -4.54. The third-order valence-corrected chi connectivity index (χ3v) is 1.93. The Morgan fingerprint density at radius 2 is 1.86 bits per heavy atom. The van der Waals surface area contributed by atoms with Gasteiger partial charge in [0.25, 0.3) is 0 Å². The zero-order valence-electron chi connectivity index (χ0n) is 7.40. The van der Waals surface area contributed by atoms with E-state index < -0.39 is 18.0 Å². The van der Waals surface area contributed by atoms with Crippen LogP contribution >= 0.6 is 0 Å². The first-order valence-electron chi connectivity index (χ1n) is 3.90. The van der Waals surface area contributed by atoms with Crippen molar-refractivity contribution in [3.8, 4) is 0 Å². The fraction of sp³-hybridized carbons (Fsp3) is 0.333. The van der Waals surface area contributed by atoms with Crippen LogP contribution in [0.5, 0.6) is 0 Å². The summed E-state index contributed by atoms with van der Waals surface area (Å²) in [5.74, 6) is -0.717. The number of hydrogen-bond acceptors (Lipinski definition) is 1. The molecule has 0 radical (unpaired) electrons. The average molecular weight is 207 g/mol. The Kier molecular flexibility index (Phi) is 2.80. The topological polar surface area (TPSA) is 26.0 Å². The Hall–Kier alpha value is -1.10. The zero-order valence-corrected chi connectivity index (χ0v) is 7.40. The molecule has 0 amide bonds. The maximum Gasteiger partial charge on any atom is 0.407 e. The van der Waals surface area contributed by atoms with Crippen molar-refractivity contribution in [2.24, 2.45) is 5.73 Å². The molecule has 0 fully saturated rings. The second-order valence-corrected chi connectivity index (χ2v) is 3.02. The lowest BCUT2D eigenvalue weighted by Crippen LogP contribution is -2.29. The molecule has 1 atom stereocenters. The molecule has 0 aliphatic carbocycles. The summed E-state index contributed by atoms with van der Waals surface area (Å²) in [7, 11) is 0. The van der Waals surface area contributed by atoms with Gasteiger partial charge in [-0.1, -0.05) is 6.07 Å². The van der Waals surface area contributed by atoms with Crippen LogP contribution in [-0.4, -0.2) is 6.18 Å². The van der Waals surface area contributed by atoms with E-state index in [4.69, 9.17) is 5.73 Å². The lowest BCUT2D eigenvalue weighted by atomic mass is 10.0. The average Bonchev–Trinajstić information content (AvgIpc) is 2.06. The summed E-state index contributed by atoms with van der Waals surface area (Å²) in [5, 5.41) is 0. The van der Waals surface area contributed by atoms with Gasteiger partial charge in [-0.25, -0.2) is 4.39 Å². The molecule has 5 heteroatoms. The molecule has 0 aliphatic rings. The van der Waals surface area contributed by atoms with E-state index >= 15 is 0 Å². The summed E-state index contributed by atoms with van der Waals surface area (Å²) in [6, 6.07) is 1.06. The first-order valence-corrected chi connectivity index (χ1v) is 3.90. The number of benzene rings is 1. The van der Waals surface area contributed by atoms with Crippen LogP contribution in [-0.2, 0) is 0 Å². The van der Waals surface area contributed by atoms with Crippen molar-refractivity contribution in [2.75, 3.05) is 0 Å². The molecule has 0 bridgehead atoms. The summed E-state index contributed by atoms with van der Waals surface area (Å²) < 4.78 is 49.3. The molecule has 0 saturated heterocycles. The predicted octanol–water partition coefficient (Wildman–Crippen LogP) is 2.70. The Bertz CT molecular complexity index is 332. The third kappa shape index (κ3) is 2.23. The number of alkyl halides is 3. The van der Waals surface area contributed by atoms with E-state index in [2.05, 4.69) is 0 Å². The maximum atomic E-state index is 12.7. The first-order chi connectivity index (χ1) is 6.32. The molecule has 0 saturated carbocycles. The Morgan fingerprint density at radius 3 is 2.36 bits per heavy atom. The molecule has 0 spiro atoms. The van der Waals surface area contributed by atoms with Crippen LogP contribution in [0.4, 0.5) is 17.6 Å². The minimum Gasteiger partial charge on any atom is -0.316 e. The second-order valence-electron chi connectivity index (χ2n) is 3.02. The highest BCUT2D eigenvalue weighted by Gasteiger charge is 2.38. The maximum absolute atomic E-state index is 12.7. The molecule has 1 unspecified atom stereocenters. The van der Waals surface area contributed by atoms with Gasteiger partial charge in [0, 0.05) is 0 Å². The van der Waals surface area contributed by atoms with Crippen molar-refractivity contribution in [3.05, 3.63) is 35.1 Å². The van der Waals surface area contributed by atoms with Crippen molar-refractivity contribution < 1.29 is 17.6 Å². The summed E-state index contributed by atoms with van der Waals surface area (Å²) >= 11 is 0. The van der Waals surface area contributed by atoms with Crippen molar-refractivity contribution in [1.29, 1.82) is 0 Å². The van der Waals surface area contributed by atoms with Gasteiger partial charge in [-0.15, -0.1) is 0 Å². The van der Waals surface area contributed by atoms with E-state index in [1.54, 1.807) is 0 Å². The van der Waals surface area contributed by atoms with Crippen molar-refractivity contribution >= 4 is 0 Å². The van der Waals surface area contributed by atoms with E-state index in [1.807, 2.05) is 0 Å². The number of hydrogen-bond donors (Lipinski definition) is 1. The lowest BCUT2D eigenvalue weighted by Gasteiger charge is -2.17. The van der Waals surface area contributed by atoms with Gasteiger partial charge in [0.1, 0.15) is 11.9 Å². The van der Waals surface area contributed by atoms with Crippen molar-refractivity contribution in [2.45, 2.75) is 19.1 Å². The molecule has 0 heterocycles. The Balaban J connectivity index is 3.12. The molecule has 2 N–H and O–H groups in total. The number of nitrogens with two attached hydrogens (primary N) is 1. The highest BCUT2D eigenvalue weighted by Crippen LogP contribution is 2.32. The predicted molar refractivity (Wildman–Crippen MR) is 44.1 cm³/mol. The standard InChI is InChI=1S/C9H9F4N/c1-5-2-3-6(10)4-7(5)8(14)9(11,12)13/h2-4,8H,14H2,1H3. The minimum absolute atomic E-state index is 0.225. The molecular weight excluding hydrogens is 198 g/mol. The summed E-state index contributed by atoms with van der Waals surface area (Å²) in [6.45, 7) is 1.46. The van der Waals surface area contributed by atoms with Crippen LogP contribution in [0.25, 0.3) is 0 Å². The highest BCUT2D eigenvalue weighted by atomic mass is 19.4. The monoisotopic (exact) mass is 207 g/mol. The van der Waals surface area contributed by atoms with Gasteiger partial charge in [0.15, 0.2) is 0 Å². The summed E-state index contributed by atoms with van der Waals surface area (Å²) in [5.41, 5.74) is 5.06. The van der Waals surface area contributed by atoms with E-state index in [9.17, 15) is 17.6 Å². The fourth-order valence-corrected chi connectivity index (χ4v) is 1.12. The fourth-order valence-electron chi connectivity index (χ4n) is 1.12. The van der Waals surface area contributed by atoms with E-state index in [1.165, 1.54) is 13.0 Å². The Labute approximate surface area is 78.5 Å². The molecule has 0 aromatic heterocycles. The van der Waals surface area contributed by atoms with Crippen molar-refractivity contribution in [3.63, 3.8) is 0 Å². The van der Waals surface area contributed by atoms with Gasteiger partial charge in [0.05, 0.1) is 0 Å². The van der Waals surface area contributed by atoms with Crippen LogP contribution in [0.3, 0.4) is 0 Å². The van der Waals surface area contributed by atoms with Crippen LogP contribution in [0.2, 0.25) is 0 Å². The molecule has 1 rings (SSSR count). The van der Waals surface area contributed by atoms with Crippen LogP contribution in [0.15, 0.2) is 18.2 Å². The van der Waals surface area contributed by atoms with Gasteiger partial charge < -0.3 is 5.73 Å². The van der Waals surface area contributed by atoms with Crippen molar-refractivity contribution in [1.82, 2.24) is 0 Å². The number of halogens is 4. The minimum atomic E-state index is -4.54. The SMILES string of the molecule is Cc1ccc(F)cc1C(N)C(F)(F)F. The van der Waals surface area contributed by atoms with Crippen LogP contribution in [0.1, 0.15) is 17.2 Å². The molecule has 78 valence electrons. The quantitative estimate of drug-likeness (QED) is 0.704. The third-order valence-electron chi connectivity index (χ3n) is 1.93. The second kappa shape index (κ2) is 3.57. The number of aryl methyl sites for hydroxylation is 1. The molecule has 14 heavy (non-hydrogen) atoms. The molecule has 0 aliphatic heterocycles. The largest absolute Gasteiger partial charge is 0.407 e. The van der Waals surface area contributed by atoms with Gasteiger partial charge in [0.2, 0.25) is 0 Å². The molecule has 1 aromatic rings. The molecule has 1 aromatic carbocycles. The van der Waals surface area contributed by atoms with Gasteiger partial charge in [-0.05, 0) is 30.2 Å². The van der Waals surface area contributed by atoms with E-state index in [0.717, 1.165) is 12.1 Å². The molecule has 1 nitrogen and oxygen atoms in total. The number of rotatable bonds is 1. The van der Waals surface area contributed by atoms with Crippen LogP contribution in [0, 0.1) is 12.7 Å². The lowest BCUT2D eigenvalue weighted by molar-refractivity contribution is -0.149. The highest BCUT2D eigenvalue weighted by molar-refractivity contribution is 5.30. The van der Waals surface area contributed by atoms with E-state index in [0.29, 0.717) is 5.56 Å². The molecular formula is C9H9F4N. The zero-order chi connectivity index (χ0) is 10.9. The van der Waals surface area contributed by atoms with Gasteiger partial charge in [-0.2, -0.15) is 13.2 Å².